The number of methoxy groups -OCH3 is 1. The number of amides is 1. The fraction of sp³-hybridized carbons (Fsp3) is 0.333. The van der Waals surface area contributed by atoms with E-state index in [4.69, 9.17) is 9.47 Å². The van der Waals surface area contributed by atoms with Gasteiger partial charge in [0.2, 0.25) is 5.91 Å². The van der Waals surface area contributed by atoms with E-state index < -0.39 is 11.6 Å². The van der Waals surface area contributed by atoms with Crippen molar-refractivity contribution in [2.45, 2.75) is 31.9 Å². The van der Waals surface area contributed by atoms with Gasteiger partial charge in [-0.2, -0.15) is 5.26 Å². The number of nitrogens with zero attached hydrogens (tertiary/aromatic N) is 2. The van der Waals surface area contributed by atoms with Crippen LogP contribution in [0, 0.1) is 18.3 Å². The number of carbonyl (C=O) groups excluding carboxylic acids is 1. The van der Waals surface area contributed by atoms with Gasteiger partial charge in [-0.25, -0.2) is 0 Å². The van der Waals surface area contributed by atoms with Crippen LogP contribution in [0.4, 0.5) is 0 Å². The lowest BCUT2D eigenvalue weighted by Gasteiger charge is -2.38. The second-order valence-electron chi connectivity index (χ2n) is 7.63. The van der Waals surface area contributed by atoms with E-state index in [-0.39, 0.29) is 18.1 Å². The minimum absolute atomic E-state index is 0.0962. The van der Waals surface area contributed by atoms with Crippen LogP contribution in [0.2, 0.25) is 0 Å². The molecule has 4 rings (SSSR count). The maximum Gasteiger partial charge on any atom is 0.231 e. The summed E-state index contributed by atoms with van der Waals surface area (Å²) in [7, 11) is 1.57. The Bertz CT molecular complexity index is 1090. The SMILES string of the molecule is CCOc1cc([C@@H]2CC(=O)N3C(=C2C#N)SC[C@]3(O)c2ccc(C)cc2)ccc1OC. The first kappa shape index (κ1) is 21.3. The van der Waals surface area contributed by atoms with Crippen LogP contribution in [-0.2, 0) is 10.5 Å². The van der Waals surface area contributed by atoms with Crippen molar-refractivity contribution in [1.82, 2.24) is 4.90 Å². The molecule has 31 heavy (non-hydrogen) atoms. The highest BCUT2D eigenvalue weighted by Gasteiger charge is 2.51. The van der Waals surface area contributed by atoms with E-state index in [0.717, 1.165) is 11.1 Å². The molecular weight excluding hydrogens is 412 g/mol. The number of benzene rings is 2. The van der Waals surface area contributed by atoms with Gasteiger partial charge < -0.3 is 14.6 Å². The molecule has 7 heteroatoms. The number of nitriles is 1. The van der Waals surface area contributed by atoms with Crippen LogP contribution in [-0.4, -0.2) is 35.4 Å². The van der Waals surface area contributed by atoms with Crippen molar-refractivity contribution in [2.75, 3.05) is 19.5 Å². The summed E-state index contributed by atoms with van der Waals surface area (Å²) in [6.45, 7) is 4.33. The van der Waals surface area contributed by atoms with Crippen LogP contribution in [0.25, 0.3) is 0 Å². The van der Waals surface area contributed by atoms with E-state index in [0.29, 0.717) is 34.3 Å². The molecule has 1 N–H and O–H groups in total. The number of rotatable bonds is 5. The Morgan fingerprint density at radius 3 is 2.65 bits per heavy atom. The summed E-state index contributed by atoms with van der Waals surface area (Å²) in [5, 5.41) is 22.0. The maximum atomic E-state index is 13.3. The van der Waals surface area contributed by atoms with Crippen molar-refractivity contribution in [1.29, 1.82) is 5.26 Å². The van der Waals surface area contributed by atoms with Crippen LogP contribution < -0.4 is 9.47 Å². The number of aliphatic hydroxyl groups is 1. The molecule has 2 heterocycles. The second-order valence-corrected chi connectivity index (χ2v) is 8.60. The monoisotopic (exact) mass is 436 g/mol. The second kappa shape index (κ2) is 8.29. The Morgan fingerprint density at radius 2 is 2.00 bits per heavy atom. The van der Waals surface area contributed by atoms with Gasteiger partial charge in [0.05, 0.1) is 36.1 Å². The lowest BCUT2D eigenvalue weighted by Crippen LogP contribution is -2.48. The predicted molar refractivity (Wildman–Crippen MR) is 119 cm³/mol. The number of hydrogen-bond acceptors (Lipinski definition) is 6. The molecule has 2 atom stereocenters. The Labute approximate surface area is 186 Å². The fourth-order valence-corrected chi connectivity index (χ4v) is 5.48. The van der Waals surface area contributed by atoms with Crippen molar-refractivity contribution in [2.24, 2.45) is 0 Å². The summed E-state index contributed by atoms with van der Waals surface area (Å²) in [5.74, 6) is 0.851. The zero-order valence-corrected chi connectivity index (χ0v) is 18.5. The molecule has 0 radical (unpaired) electrons. The average Bonchev–Trinajstić information content (AvgIpc) is 3.13. The molecule has 2 aliphatic rings. The number of allylic oxidation sites excluding steroid dienone is 1. The van der Waals surface area contributed by atoms with Gasteiger partial charge in [0.15, 0.2) is 17.2 Å². The zero-order valence-electron chi connectivity index (χ0n) is 17.7. The molecule has 2 aromatic rings. The lowest BCUT2D eigenvalue weighted by molar-refractivity contribution is -0.149. The molecule has 0 aliphatic carbocycles. The van der Waals surface area contributed by atoms with Crippen molar-refractivity contribution in [3.63, 3.8) is 0 Å². The van der Waals surface area contributed by atoms with Crippen molar-refractivity contribution < 1.29 is 19.4 Å². The Balaban J connectivity index is 1.77. The summed E-state index contributed by atoms with van der Waals surface area (Å²) in [6, 6.07) is 15.3. The van der Waals surface area contributed by atoms with Crippen LogP contribution in [0.1, 0.15) is 36.0 Å². The molecule has 2 aliphatic heterocycles. The van der Waals surface area contributed by atoms with E-state index in [9.17, 15) is 15.2 Å². The van der Waals surface area contributed by atoms with E-state index in [2.05, 4.69) is 6.07 Å². The minimum Gasteiger partial charge on any atom is -0.493 e. The molecule has 1 amide bonds. The van der Waals surface area contributed by atoms with Gasteiger partial charge in [-0.3, -0.25) is 9.69 Å². The Morgan fingerprint density at radius 1 is 1.26 bits per heavy atom. The first-order chi connectivity index (χ1) is 14.9. The van der Waals surface area contributed by atoms with Crippen LogP contribution in [0.15, 0.2) is 53.1 Å². The highest BCUT2D eigenvalue weighted by molar-refractivity contribution is 8.03. The molecule has 2 aromatic carbocycles. The minimum atomic E-state index is -1.46. The molecule has 0 saturated carbocycles. The number of fused-ring (bicyclic) bond motifs is 1. The van der Waals surface area contributed by atoms with Gasteiger partial charge >= 0.3 is 0 Å². The average molecular weight is 437 g/mol. The quantitative estimate of drug-likeness (QED) is 0.762. The number of aryl methyl sites for hydroxylation is 1. The first-order valence-electron chi connectivity index (χ1n) is 10.1. The standard InChI is InChI=1S/C24H24N2O4S/c1-4-30-21-11-16(7-10-20(21)29-3)18-12-22(27)26-23(19(18)13-25)31-14-24(26,28)17-8-5-15(2)6-9-17/h5-11,18,28H,4,12,14H2,1-3H3/t18-,24-/m0/s1. The maximum absolute atomic E-state index is 13.3. The lowest BCUT2D eigenvalue weighted by atomic mass is 9.85. The predicted octanol–water partition coefficient (Wildman–Crippen LogP) is 4.05. The first-order valence-corrected chi connectivity index (χ1v) is 11.1. The normalized spacial score (nSPS) is 22.9. The Hall–Kier alpha value is -2.95. The third-order valence-electron chi connectivity index (χ3n) is 5.71. The number of hydrogen-bond donors (Lipinski definition) is 1. The van der Waals surface area contributed by atoms with Gasteiger partial charge in [-0.1, -0.05) is 35.9 Å². The highest BCUT2D eigenvalue weighted by atomic mass is 32.2. The topological polar surface area (TPSA) is 82.8 Å². The summed E-state index contributed by atoms with van der Waals surface area (Å²) in [6.07, 6.45) is 0.0962. The molecule has 0 bridgehead atoms. The smallest absolute Gasteiger partial charge is 0.231 e. The van der Waals surface area contributed by atoms with Crippen molar-refractivity contribution >= 4 is 17.7 Å². The van der Waals surface area contributed by atoms with Crippen LogP contribution in [0.5, 0.6) is 11.5 Å². The van der Waals surface area contributed by atoms with Crippen LogP contribution >= 0.6 is 11.8 Å². The molecule has 160 valence electrons. The third kappa shape index (κ3) is 3.56. The summed E-state index contributed by atoms with van der Waals surface area (Å²) >= 11 is 1.35. The summed E-state index contributed by atoms with van der Waals surface area (Å²) in [4.78, 5) is 14.7. The van der Waals surface area contributed by atoms with E-state index in [1.165, 1.54) is 16.7 Å². The van der Waals surface area contributed by atoms with E-state index in [1.807, 2.05) is 50.2 Å². The van der Waals surface area contributed by atoms with Gasteiger partial charge in [-0.15, -0.1) is 11.8 Å². The third-order valence-corrected chi connectivity index (χ3v) is 6.94. The van der Waals surface area contributed by atoms with Gasteiger partial charge in [-0.05, 0) is 31.5 Å². The summed E-state index contributed by atoms with van der Waals surface area (Å²) < 4.78 is 11.0. The Kier molecular flexibility index (Phi) is 5.69. The van der Waals surface area contributed by atoms with Gasteiger partial charge in [0.1, 0.15) is 0 Å². The molecular formula is C24H24N2O4S. The van der Waals surface area contributed by atoms with Crippen molar-refractivity contribution in [3.8, 4) is 17.6 Å². The van der Waals surface area contributed by atoms with Gasteiger partial charge in [0, 0.05) is 17.9 Å². The largest absolute Gasteiger partial charge is 0.493 e. The summed E-state index contributed by atoms with van der Waals surface area (Å²) in [5.41, 5.74) is 1.55. The molecule has 0 aromatic heterocycles. The van der Waals surface area contributed by atoms with E-state index >= 15 is 0 Å². The molecule has 0 spiro atoms. The fourth-order valence-electron chi connectivity index (χ4n) is 4.12. The molecule has 1 saturated heterocycles. The number of carbonyl (C=O) groups is 1. The zero-order chi connectivity index (χ0) is 22.2. The van der Waals surface area contributed by atoms with Crippen LogP contribution in [0.3, 0.4) is 0 Å². The molecule has 0 unspecified atom stereocenters. The number of ether oxygens (including phenoxy) is 2. The van der Waals surface area contributed by atoms with E-state index in [1.54, 1.807) is 13.2 Å². The van der Waals surface area contributed by atoms with Crippen molar-refractivity contribution in [3.05, 3.63) is 69.8 Å². The molecule has 6 nitrogen and oxygen atoms in total. The number of thioether (sulfide) groups is 1. The highest BCUT2D eigenvalue weighted by Crippen LogP contribution is 2.52. The molecule has 1 fully saturated rings. The van der Waals surface area contributed by atoms with Gasteiger partial charge in [0.25, 0.3) is 0 Å².